The summed E-state index contributed by atoms with van der Waals surface area (Å²) in [6.45, 7) is 0.847. The van der Waals surface area contributed by atoms with Crippen LogP contribution in [0.25, 0.3) is 0 Å². The van der Waals surface area contributed by atoms with Gasteiger partial charge >= 0.3 is 12.1 Å². The van der Waals surface area contributed by atoms with Crippen molar-refractivity contribution in [1.29, 1.82) is 0 Å². The first kappa shape index (κ1) is 24.2. The number of benzene rings is 3. The van der Waals surface area contributed by atoms with Crippen LogP contribution in [0.3, 0.4) is 0 Å². The second kappa shape index (κ2) is 8.84. The van der Waals surface area contributed by atoms with E-state index in [0.717, 1.165) is 11.1 Å². The average molecular weight is 539 g/mol. The second-order valence-corrected chi connectivity index (χ2v) is 10.5. The van der Waals surface area contributed by atoms with Crippen LogP contribution in [0.4, 0.5) is 9.59 Å². The van der Waals surface area contributed by atoms with Gasteiger partial charge in [-0.3, -0.25) is 19.4 Å². The monoisotopic (exact) mass is 538 g/mol. The zero-order valence-electron chi connectivity index (χ0n) is 21.5. The van der Waals surface area contributed by atoms with Gasteiger partial charge < -0.3 is 20.1 Å². The number of nitrogens with zero attached hydrogens (tertiary/aromatic N) is 2. The number of imide groups is 2. The number of amides is 6. The van der Waals surface area contributed by atoms with Crippen LogP contribution in [-0.4, -0.2) is 46.9 Å². The third kappa shape index (κ3) is 3.48. The van der Waals surface area contributed by atoms with Gasteiger partial charge in [0.05, 0.1) is 26.3 Å². The van der Waals surface area contributed by atoms with Crippen LogP contribution in [0.5, 0.6) is 11.5 Å². The highest BCUT2D eigenvalue weighted by atomic mass is 16.5. The number of carbonyl (C=O) groups is 4. The number of hydrogen-bond acceptors (Lipinski definition) is 6. The van der Waals surface area contributed by atoms with Crippen LogP contribution in [0, 0.1) is 0 Å². The van der Waals surface area contributed by atoms with Gasteiger partial charge in [-0.05, 0) is 23.3 Å². The Hall–Kier alpha value is -4.86. The van der Waals surface area contributed by atoms with Crippen LogP contribution in [0.2, 0.25) is 0 Å². The Balaban J connectivity index is 1.07. The van der Waals surface area contributed by atoms with Crippen LogP contribution in [0.1, 0.15) is 35.1 Å². The molecule has 10 heteroatoms. The van der Waals surface area contributed by atoms with Gasteiger partial charge in [-0.1, -0.05) is 60.7 Å². The number of urea groups is 2. The van der Waals surface area contributed by atoms with E-state index in [1.165, 1.54) is 9.80 Å². The van der Waals surface area contributed by atoms with Crippen molar-refractivity contribution in [1.82, 2.24) is 20.4 Å². The molecule has 4 aliphatic heterocycles. The van der Waals surface area contributed by atoms with E-state index >= 15 is 0 Å². The summed E-state index contributed by atoms with van der Waals surface area (Å²) in [6, 6.07) is 20.8. The summed E-state index contributed by atoms with van der Waals surface area (Å²) in [4.78, 5) is 55.4. The quantitative estimate of drug-likeness (QED) is 0.493. The minimum absolute atomic E-state index is 0.0960. The van der Waals surface area contributed by atoms with Crippen molar-refractivity contribution in [3.63, 3.8) is 0 Å². The van der Waals surface area contributed by atoms with Crippen molar-refractivity contribution in [2.24, 2.45) is 0 Å². The first-order valence-corrected chi connectivity index (χ1v) is 13.2. The number of nitrogens with one attached hydrogen (secondary N) is 2. The molecule has 2 spiro atoms. The molecule has 3 aromatic carbocycles. The average Bonchev–Trinajstić information content (AvgIpc) is 3.34. The van der Waals surface area contributed by atoms with Crippen molar-refractivity contribution in [2.75, 3.05) is 13.2 Å². The Morgan fingerprint density at radius 3 is 1.43 bits per heavy atom. The Labute approximate surface area is 229 Å². The van der Waals surface area contributed by atoms with Gasteiger partial charge in [0.15, 0.2) is 11.1 Å². The minimum atomic E-state index is -1.13. The number of rotatable bonds is 4. The van der Waals surface area contributed by atoms with Crippen LogP contribution in [0.15, 0.2) is 72.8 Å². The highest BCUT2D eigenvalue weighted by Gasteiger charge is 2.56. The molecule has 0 bridgehead atoms. The third-order valence-electron chi connectivity index (χ3n) is 8.22. The van der Waals surface area contributed by atoms with Gasteiger partial charge in [-0.15, -0.1) is 0 Å². The molecule has 0 aromatic heterocycles. The molecule has 40 heavy (non-hydrogen) atoms. The van der Waals surface area contributed by atoms with Crippen LogP contribution in [-0.2, 0) is 33.8 Å². The molecule has 2 saturated heterocycles. The molecule has 4 aliphatic rings. The zero-order chi connectivity index (χ0) is 27.5. The molecule has 0 saturated carbocycles. The molecular formula is C30H26N4O6. The van der Waals surface area contributed by atoms with Crippen molar-refractivity contribution < 1.29 is 28.7 Å². The number of hydrogen-bond donors (Lipinski definition) is 2. The summed E-state index contributed by atoms with van der Waals surface area (Å²) in [7, 11) is 0. The summed E-state index contributed by atoms with van der Waals surface area (Å²) in [6.07, 6.45) is 0.710. The maximum atomic E-state index is 13.6. The minimum Gasteiger partial charge on any atom is -0.493 e. The number of carbonyl (C=O) groups excluding carboxylic acids is 4. The lowest BCUT2D eigenvalue weighted by Gasteiger charge is -2.33. The smallest absolute Gasteiger partial charge is 0.325 e. The van der Waals surface area contributed by atoms with Gasteiger partial charge in [0.2, 0.25) is 0 Å². The highest BCUT2D eigenvalue weighted by Crippen LogP contribution is 2.42. The Kier molecular flexibility index (Phi) is 5.35. The van der Waals surface area contributed by atoms with E-state index in [4.69, 9.17) is 9.47 Å². The predicted molar refractivity (Wildman–Crippen MR) is 141 cm³/mol. The largest absolute Gasteiger partial charge is 0.493 e. The Bertz CT molecular complexity index is 1460. The maximum absolute atomic E-state index is 13.6. The van der Waals surface area contributed by atoms with E-state index in [2.05, 4.69) is 10.6 Å². The standard InChI is InChI=1S/C30H26N4O6/c35-25-29(13-15-39-23-7-3-1-5-21(23)29)31-27(37)33(25)17-19-9-11-20(12-10-19)18-34-26(36)30(32-28(34)38)14-16-40-24-8-4-2-6-22(24)30/h1-12H,13-18H2,(H,31,37)(H,32,38). The van der Waals surface area contributed by atoms with Crippen LogP contribution < -0.4 is 20.1 Å². The molecule has 2 N–H and O–H groups in total. The topological polar surface area (TPSA) is 117 Å². The SMILES string of the molecule is O=C1NC2(CCOc3ccccc32)C(=O)N1Cc1ccc(CN2C(=O)NC3(CCOc4ccccc43)C2=O)cc1. The summed E-state index contributed by atoms with van der Waals surface area (Å²) < 4.78 is 11.4. The fourth-order valence-corrected chi connectivity index (χ4v) is 6.15. The summed E-state index contributed by atoms with van der Waals surface area (Å²) in [5.74, 6) is 0.581. The summed E-state index contributed by atoms with van der Waals surface area (Å²) in [5, 5.41) is 5.82. The summed E-state index contributed by atoms with van der Waals surface area (Å²) >= 11 is 0. The van der Waals surface area contributed by atoms with E-state index in [1.54, 1.807) is 36.4 Å². The molecule has 0 radical (unpaired) electrons. The molecule has 2 atom stereocenters. The summed E-state index contributed by atoms with van der Waals surface area (Å²) in [5.41, 5.74) is 0.558. The normalized spacial score (nSPS) is 24.9. The zero-order valence-corrected chi connectivity index (χ0v) is 21.5. The third-order valence-corrected chi connectivity index (χ3v) is 8.22. The van der Waals surface area contributed by atoms with Gasteiger partial charge in [-0.2, -0.15) is 0 Å². The van der Waals surface area contributed by atoms with Gasteiger partial charge in [0.25, 0.3) is 11.8 Å². The Morgan fingerprint density at radius 2 is 1.00 bits per heavy atom. The van der Waals surface area contributed by atoms with Crippen molar-refractivity contribution in [3.05, 3.63) is 95.1 Å². The molecular weight excluding hydrogens is 512 g/mol. The van der Waals surface area contributed by atoms with E-state index in [0.29, 0.717) is 48.7 Å². The number of para-hydroxylation sites is 2. The molecule has 3 aromatic rings. The fourth-order valence-electron chi connectivity index (χ4n) is 6.15. The number of ether oxygens (including phenoxy) is 2. The first-order valence-electron chi connectivity index (χ1n) is 13.2. The van der Waals surface area contributed by atoms with Gasteiger partial charge in [0.1, 0.15) is 11.5 Å². The molecule has 10 nitrogen and oxygen atoms in total. The number of fused-ring (bicyclic) bond motifs is 4. The van der Waals surface area contributed by atoms with Gasteiger partial charge in [0, 0.05) is 24.0 Å². The molecule has 0 aliphatic carbocycles. The van der Waals surface area contributed by atoms with E-state index in [1.807, 2.05) is 36.4 Å². The molecule has 2 fully saturated rings. The van der Waals surface area contributed by atoms with E-state index < -0.39 is 23.1 Å². The van der Waals surface area contributed by atoms with E-state index in [9.17, 15) is 19.2 Å². The second-order valence-electron chi connectivity index (χ2n) is 10.5. The first-order chi connectivity index (χ1) is 19.4. The van der Waals surface area contributed by atoms with Crippen LogP contribution >= 0.6 is 0 Å². The van der Waals surface area contributed by atoms with E-state index in [-0.39, 0.29) is 24.9 Å². The van der Waals surface area contributed by atoms with Crippen molar-refractivity contribution in [2.45, 2.75) is 37.0 Å². The lowest BCUT2D eigenvalue weighted by molar-refractivity contribution is -0.133. The van der Waals surface area contributed by atoms with Crippen molar-refractivity contribution >= 4 is 23.9 Å². The Morgan fingerprint density at radius 1 is 0.600 bits per heavy atom. The predicted octanol–water partition coefficient (Wildman–Crippen LogP) is 3.15. The lowest BCUT2D eigenvalue weighted by atomic mass is 9.84. The molecule has 202 valence electrons. The molecule has 2 unspecified atom stereocenters. The molecule has 4 heterocycles. The van der Waals surface area contributed by atoms with Gasteiger partial charge in [-0.25, -0.2) is 9.59 Å². The van der Waals surface area contributed by atoms with Crippen molar-refractivity contribution in [3.8, 4) is 11.5 Å². The maximum Gasteiger partial charge on any atom is 0.325 e. The highest BCUT2D eigenvalue weighted by molar-refractivity contribution is 6.08. The fraction of sp³-hybridized carbons (Fsp3) is 0.267. The molecule has 6 amide bonds. The lowest BCUT2D eigenvalue weighted by Crippen LogP contribution is -2.47. The molecule has 7 rings (SSSR count).